The Labute approximate surface area is 79.7 Å². The smallest absolute Gasteiger partial charge is 0.164 e. The third-order valence-electron chi connectivity index (χ3n) is 1.52. The zero-order valence-corrected chi connectivity index (χ0v) is 7.18. The number of carbonyl (C=O) groups excluding carboxylic acids is 1. The Morgan fingerprint density at radius 2 is 2.14 bits per heavy atom. The summed E-state index contributed by atoms with van der Waals surface area (Å²) in [6.45, 7) is 0. The fraction of sp³-hybridized carbons (Fsp3) is 0.100. The summed E-state index contributed by atoms with van der Waals surface area (Å²) >= 11 is 0. The van der Waals surface area contributed by atoms with Crippen LogP contribution < -0.4 is 5.73 Å². The van der Waals surface area contributed by atoms with Crippen LogP contribution in [0.1, 0.15) is 12.0 Å². The Morgan fingerprint density at radius 3 is 2.79 bits per heavy atom. The summed E-state index contributed by atoms with van der Waals surface area (Å²) in [6, 6.07) is 2.15. The molecule has 1 rings (SSSR count). The molecule has 4 heteroatoms. The Kier molecular flexibility index (Phi) is 3.19. The lowest BCUT2D eigenvalue weighted by atomic mass is 10.1. The number of halogens is 2. The number of aldehydes is 1. The zero-order valence-electron chi connectivity index (χ0n) is 7.18. The molecule has 0 saturated carbocycles. The van der Waals surface area contributed by atoms with Gasteiger partial charge in [-0.2, -0.15) is 0 Å². The van der Waals surface area contributed by atoms with E-state index in [9.17, 15) is 13.6 Å². The molecule has 0 aromatic heterocycles. The summed E-state index contributed by atoms with van der Waals surface area (Å²) in [5.41, 5.74) is 4.65. The van der Waals surface area contributed by atoms with Gasteiger partial charge >= 0.3 is 0 Å². The van der Waals surface area contributed by atoms with Crippen LogP contribution in [0.5, 0.6) is 0 Å². The van der Waals surface area contributed by atoms with Crippen LogP contribution in [0.15, 0.2) is 12.1 Å². The summed E-state index contributed by atoms with van der Waals surface area (Å²) in [4.78, 5) is 9.92. The molecule has 0 aliphatic heterocycles. The maximum absolute atomic E-state index is 13.1. The first-order valence-electron chi connectivity index (χ1n) is 3.82. The molecule has 2 nitrogen and oxygen atoms in total. The van der Waals surface area contributed by atoms with Crippen LogP contribution in [0, 0.1) is 23.5 Å². The largest absolute Gasteiger partial charge is 0.396 e. The van der Waals surface area contributed by atoms with E-state index in [1.807, 2.05) is 0 Å². The Bertz CT molecular complexity index is 418. The van der Waals surface area contributed by atoms with E-state index in [0.717, 1.165) is 12.1 Å². The second-order valence-corrected chi connectivity index (χ2v) is 2.50. The van der Waals surface area contributed by atoms with Crippen LogP contribution in [0.2, 0.25) is 0 Å². The van der Waals surface area contributed by atoms with Crippen molar-refractivity contribution < 1.29 is 13.6 Å². The van der Waals surface area contributed by atoms with Crippen molar-refractivity contribution in [2.75, 3.05) is 5.73 Å². The van der Waals surface area contributed by atoms with Gasteiger partial charge < -0.3 is 10.5 Å². The van der Waals surface area contributed by atoms with Gasteiger partial charge in [-0.1, -0.05) is 11.8 Å². The summed E-state index contributed by atoms with van der Waals surface area (Å²) in [5, 5.41) is 0. The van der Waals surface area contributed by atoms with E-state index in [1.54, 1.807) is 0 Å². The van der Waals surface area contributed by atoms with E-state index in [0.29, 0.717) is 6.29 Å². The molecule has 0 saturated heterocycles. The van der Waals surface area contributed by atoms with Crippen LogP contribution in [-0.4, -0.2) is 6.29 Å². The van der Waals surface area contributed by atoms with Crippen LogP contribution in [0.4, 0.5) is 14.5 Å². The van der Waals surface area contributed by atoms with E-state index in [1.165, 1.54) is 0 Å². The molecule has 1 aromatic rings. The van der Waals surface area contributed by atoms with Crippen LogP contribution in [0.25, 0.3) is 0 Å². The Hall–Kier alpha value is -1.89. The van der Waals surface area contributed by atoms with Crippen LogP contribution in [0.3, 0.4) is 0 Å². The topological polar surface area (TPSA) is 43.1 Å². The maximum Gasteiger partial charge on any atom is 0.164 e. The number of nitrogens with two attached hydrogens (primary N) is 1. The molecular formula is C10H7F2NO. The van der Waals surface area contributed by atoms with Crippen molar-refractivity contribution in [1.29, 1.82) is 0 Å². The molecule has 0 spiro atoms. The molecule has 0 atom stereocenters. The van der Waals surface area contributed by atoms with Gasteiger partial charge in [-0.05, 0) is 12.1 Å². The Balaban J connectivity index is 3.14. The molecule has 0 radical (unpaired) electrons. The normalized spacial score (nSPS) is 9.00. The van der Waals surface area contributed by atoms with Crippen molar-refractivity contribution in [1.82, 2.24) is 0 Å². The van der Waals surface area contributed by atoms with Gasteiger partial charge in [-0.25, -0.2) is 8.78 Å². The minimum absolute atomic E-state index is 0.0618. The summed E-state index contributed by atoms with van der Waals surface area (Å²) in [5.74, 6) is 2.85. The van der Waals surface area contributed by atoms with Crippen molar-refractivity contribution >= 4 is 12.0 Å². The van der Waals surface area contributed by atoms with Gasteiger partial charge in [-0.15, -0.1) is 0 Å². The number of carbonyl (C=O) groups is 1. The number of nitrogen functional groups attached to an aromatic ring is 1. The van der Waals surface area contributed by atoms with E-state index in [2.05, 4.69) is 11.8 Å². The van der Waals surface area contributed by atoms with Crippen molar-refractivity contribution in [3.05, 3.63) is 29.3 Å². The molecule has 0 bridgehead atoms. The van der Waals surface area contributed by atoms with E-state index in [4.69, 9.17) is 5.73 Å². The molecule has 0 unspecified atom stereocenters. The highest BCUT2D eigenvalue weighted by molar-refractivity contribution is 5.56. The number of anilines is 1. The molecule has 0 fully saturated rings. The van der Waals surface area contributed by atoms with Gasteiger partial charge in [0.1, 0.15) is 12.1 Å². The summed E-state index contributed by atoms with van der Waals surface area (Å²) in [7, 11) is 0. The first-order chi connectivity index (χ1) is 6.66. The standard InChI is InChI=1S/C10H7F2NO/c11-8-4-5-9(13)10(12)7(8)3-1-2-6-14/h4-6H,2,13H2. The first kappa shape index (κ1) is 10.2. The lowest BCUT2D eigenvalue weighted by Gasteiger charge is -1.99. The van der Waals surface area contributed by atoms with Gasteiger partial charge in [0.15, 0.2) is 5.82 Å². The average molecular weight is 195 g/mol. The lowest BCUT2D eigenvalue weighted by Crippen LogP contribution is -1.96. The van der Waals surface area contributed by atoms with Gasteiger partial charge in [0, 0.05) is 0 Å². The van der Waals surface area contributed by atoms with Gasteiger partial charge in [-0.3, -0.25) is 0 Å². The zero-order chi connectivity index (χ0) is 10.6. The summed E-state index contributed by atoms with van der Waals surface area (Å²) in [6.07, 6.45) is 0.489. The van der Waals surface area contributed by atoms with E-state index in [-0.39, 0.29) is 12.1 Å². The summed E-state index contributed by atoms with van der Waals surface area (Å²) < 4.78 is 26.1. The van der Waals surface area contributed by atoms with Gasteiger partial charge in [0.05, 0.1) is 17.7 Å². The maximum atomic E-state index is 13.1. The molecule has 0 aliphatic carbocycles. The SMILES string of the molecule is Nc1ccc(F)c(C#CCC=O)c1F. The number of benzene rings is 1. The molecule has 72 valence electrons. The van der Waals surface area contributed by atoms with Crippen molar-refractivity contribution in [3.63, 3.8) is 0 Å². The molecule has 2 N–H and O–H groups in total. The molecule has 1 aromatic carbocycles. The number of hydrogen-bond acceptors (Lipinski definition) is 2. The first-order valence-corrected chi connectivity index (χ1v) is 3.82. The average Bonchev–Trinajstić information content (AvgIpc) is 2.18. The third-order valence-corrected chi connectivity index (χ3v) is 1.52. The minimum Gasteiger partial charge on any atom is -0.396 e. The van der Waals surface area contributed by atoms with Crippen LogP contribution >= 0.6 is 0 Å². The fourth-order valence-corrected chi connectivity index (χ4v) is 0.864. The van der Waals surface area contributed by atoms with Crippen LogP contribution in [-0.2, 0) is 4.79 Å². The predicted molar refractivity (Wildman–Crippen MR) is 48.3 cm³/mol. The second kappa shape index (κ2) is 4.38. The minimum atomic E-state index is -0.886. The van der Waals surface area contributed by atoms with Crippen molar-refractivity contribution in [2.45, 2.75) is 6.42 Å². The number of rotatable bonds is 1. The molecule has 0 heterocycles. The highest BCUT2D eigenvalue weighted by Crippen LogP contribution is 2.17. The lowest BCUT2D eigenvalue weighted by molar-refractivity contribution is -0.107. The van der Waals surface area contributed by atoms with E-state index >= 15 is 0 Å². The van der Waals surface area contributed by atoms with Gasteiger partial charge in [0.2, 0.25) is 0 Å². The fourth-order valence-electron chi connectivity index (χ4n) is 0.864. The molecular weight excluding hydrogens is 188 g/mol. The van der Waals surface area contributed by atoms with Gasteiger partial charge in [0.25, 0.3) is 0 Å². The molecule has 14 heavy (non-hydrogen) atoms. The monoisotopic (exact) mass is 195 g/mol. The number of hydrogen-bond donors (Lipinski definition) is 1. The van der Waals surface area contributed by atoms with Crippen molar-refractivity contribution in [2.24, 2.45) is 0 Å². The van der Waals surface area contributed by atoms with Crippen molar-refractivity contribution in [3.8, 4) is 11.8 Å². The quantitative estimate of drug-likeness (QED) is 0.419. The highest BCUT2D eigenvalue weighted by Gasteiger charge is 2.08. The second-order valence-electron chi connectivity index (χ2n) is 2.50. The molecule has 0 aliphatic rings. The van der Waals surface area contributed by atoms with E-state index < -0.39 is 17.2 Å². The molecule has 0 amide bonds. The third kappa shape index (κ3) is 2.07. The highest BCUT2D eigenvalue weighted by atomic mass is 19.1. The Morgan fingerprint density at radius 1 is 1.43 bits per heavy atom. The predicted octanol–water partition coefficient (Wildman–Crippen LogP) is 1.49.